The summed E-state index contributed by atoms with van der Waals surface area (Å²) in [5, 5.41) is 1.15. The third-order valence-corrected chi connectivity index (χ3v) is 6.55. The third kappa shape index (κ3) is 2.58. The minimum Gasteiger partial charge on any atom is -0.493 e. The zero-order valence-corrected chi connectivity index (χ0v) is 17.9. The highest BCUT2D eigenvalue weighted by Crippen LogP contribution is 2.43. The highest BCUT2D eigenvalue weighted by molar-refractivity contribution is 5.87. The molecule has 0 saturated heterocycles. The van der Waals surface area contributed by atoms with Gasteiger partial charge >= 0.3 is 0 Å². The summed E-state index contributed by atoms with van der Waals surface area (Å²) in [6.45, 7) is 15.3. The molecule has 0 amide bonds. The molecule has 4 heterocycles. The number of hydrogen-bond acceptors (Lipinski definition) is 3. The van der Waals surface area contributed by atoms with Crippen molar-refractivity contribution in [1.29, 1.82) is 0 Å². The summed E-state index contributed by atoms with van der Waals surface area (Å²) in [4.78, 5) is 18.2. The molecule has 0 fully saturated rings. The number of nitrogens with zero attached hydrogens (tertiary/aromatic N) is 2. The Morgan fingerprint density at radius 1 is 1.24 bits per heavy atom. The Balaban J connectivity index is 0.000000994. The van der Waals surface area contributed by atoms with Gasteiger partial charge in [-0.05, 0) is 43.5 Å². The lowest BCUT2D eigenvalue weighted by Crippen LogP contribution is -2.37. The molecule has 150 valence electrons. The smallest absolute Gasteiger partial charge is 0.258 e. The molecule has 0 spiro atoms. The van der Waals surface area contributed by atoms with Crippen LogP contribution in [-0.2, 0) is 23.3 Å². The zero-order valence-electron chi connectivity index (χ0n) is 17.9. The van der Waals surface area contributed by atoms with E-state index in [1.807, 2.05) is 36.6 Å². The molecular weight excluding hydrogens is 360 g/mol. The summed E-state index contributed by atoms with van der Waals surface area (Å²) in [6.07, 6.45) is 0.832. The molecule has 0 aliphatic carbocycles. The van der Waals surface area contributed by atoms with E-state index in [1.165, 1.54) is 5.56 Å². The minimum absolute atomic E-state index is 0.0381. The number of para-hydroxylation sites is 1. The van der Waals surface area contributed by atoms with E-state index in [9.17, 15) is 4.79 Å². The number of benzene rings is 1. The number of rotatable bonds is 1. The molecule has 0 N–H and O–H groups in total. The molecule has 5 rings (SSSR count). The lowest BCUT2D eigenvalue weighted by Gasteiger charge is -2.37. The van der Waals surface area contributed by atoms with Crippen molar-refractivity contribution in [3.63, 3.8) is 0 Å². The van der Waals surface area contributed by atoms with Gasteiger partial charge in [-0.2, -0.15) is 0 Å². The number of aromatic nitrogens is 2. The first-order valence-corrected chi connectivity index (χ1v) is 10.4. The van der Waals surface area contributed by atoms with Gasteiger partial charge in [0.2, 0.25) is 0 Å². The van der Waals surface area contributed by atoms with E-state index in [0.717, 1.165) is 51.2 Å². The highest BCUT2D eigenvalue weighted by atomic mass is 16.5. The lowest BCUT2D eigenvalue weighted by molar-refractivity contribution is 0.132. The van der Waals surface area contributed by atoms with E-state index in [1.54, 1.807) is 0 Å². The number of ether oxygens (including phenoxy) is 1. The summed E-state index contributed by atoms with van der Waals surface area (Å²) in [5.74, 6) is 0.739. The van der Waals surface area contributed by atoms with Crippen LogP contribution in [0.1, 0.15) is 56.4 Å². The van der Waals surface area contributed by atoms with Crippen LogP contribution in [0.25, 0.3) is 22.3 Å². The van der Waals surface area contributed by atoms with Crippen LogP contribution in [0.3, 0.4) is 0 Å². The molecule has 0 radical (unpaired) electrons. The van der Waals surface area contributed by atoms with Crippen LogP contribution < -0.4 is 5.56 Å². The van der Waals surface area contributed by atoms with Crippen LogP contribution in [0.15, 0.2) is 47.5 Å². The normalized spacial score (nSPS) is 19.0. The van der Waals surface area contributed by atoms with Crippen LogP contribution in [0.2, 0.25) is 0 Å². The summed E-state index contributed by atoms with van der Waals surface area (Å²) in [6, 6.07) is 10.3. The van der Waals surface area contributed by atoms with Crippen molar-refractivity contribution < 1.29 is 4.74 Å². The third-order valence-electron chi connectivity index (χ3n) is 6.55. The Hall–Kier alpha value is -2.88. The van der Waals surface area contributed by atoms with Crippen molar-refractivity contribution in [2.75, 3.05) is 0 Å². The number of hydrogen-bond donors (Lipinski definition) is 0. The topological polar surface area (TPSA) is 44.1 Å². The first-order valence-electron chi connectivity index (χ1n) is 10.4. The molecule has 1 unspecified atom stereocenters. The molecule has 2 aliphatic heterocycles. The minimum atomic E-state index is -0.350. The predicted octanol–water partition coefficient (Wildman–Crippen LogP) is 5.47. The van der Waals surface area contributed by atoms with E-state index in [-0.39, 0.29) is 11.0 Å². The largest absolute Gasteiger partial charge is 0.493 e. The number of allylic oxidation sites excluding steroid dienone is 1. The van der Waals surface area contributed by atoms with Gasteiger partial charge in [0.15, 0.2) is 0 Å². The highest BCUT2D eigenvalue weighted by Gasteiger charge is 2.39. The molecule has 2 aliphatic rings. The van der Waals surface area contributed by atoms with Gasteiger partial charge in [0.25, 0.3) is 5.56 Å². The van der Waals surface area contributed by atoms with Gasteiger partial charge in [0, 0.05) is 16.4 Å². The van der Waals surface area contributed by atoms with Gasteiger partial charge in [-0.3, -0.25) is 4.79 Å². The molecule has 1 aromatic carbocycles. The maximum Gasteiger partial charge on any atom is 0.258 e. The standard InChI is InChI=1S/C23H22N2O2.C2H6/c1-5-23(4)14(3)27-12-17-18(23)10-20-21-16(11-25(20)22(17)26)13(2)15-8-6-7-9-19(15)24-21;1-2/h6-10H,3,5,11-12H2,1-2,4H3;1-2H3. The average Bonchev–Trinajstić information content (AvgIpc) is 3.12. The molecule has 1 atom stereocenters. The molecule has 2 aromatic heterocycles. The fourth-order valence-corrected chi connectivity index (χ4v) is 4.51. The molecule has 3 aromatic rings. The quantitative estimate of drug-likeness (QED) is 0.434. The molecular formula is C25H28N2O2. The maximum atomic E-state index is 13.3. The van der Waals surface area contributed by atoms with Crippen molar-refractivity contribution in [1.82, 2.24) is 9.55 Å². The van der Waals surface area contributed by atoms with Crippen LogP contribution in [-0.4, -0.2) is 9.55 Å². The van der Waals surface area contributed by atoms with E-state index in [2.05, 4.69) is 39.5 Å². The second kappa shape index (κ2) is 6.87. The number of pyridine rings is 2. The van der Waals surface area contributed by atoms with Gasteiger partial charge in [-0.25, -0.2) is 4.98 Å². The number of fused-ring (bicyclic) bond motifs is 5. The Morgan fingerprint density at radius 3 is 2.69 bits per heavy atom. The van der Waals surface area contributed by atoms with Gasteiger partial charge in [0.05, 0.1) is 34.8 Å². The van der Waals surface area contributed by atoms with Gasteiger partial charge in [0.1, 0.15) is 6.61 Å². The lowest BCUT2D eigenvalue weighted by atomic mass is 9.75. The monoisotopic (exact) mass is 388 g/mol. The predicted molar refractivity (Wildman–Crippen MR) is 118 cm³/mol. The Kier molecular flexibility index (Phi) is 4.60. The van der Waals surface area contributed by atoms with Crippen LogP contribution in [0, 0.1) is 6.92 Å². The van der Waals surface area contributed by atoms with E-state index in [4.69, 9.17) is 9.72 Å². The van der Waals surface area contributed by atoms with Crippen molar-refractivity contribution in [3.05, 3.63) is 75.3 Å². The summed E-state index contributed by atoms with van der Waals surface area (Å²) in [5.41, 5.74) is 6.65. The first-order chi connectivity index (χ1) is 14.0. The summed E-state index contributed by atoms with van der Waals surface area (Å²) < 4.78 is 7.65. The average molecular weight is 389 g/mol. The molecule has 0 saturated carbocycles. The SMILES string of the molecule is C=C1OCc2c(cc3n(c2=O)Cc2c-3nc3ccccc3c2C)C1(C)CC.CC. The van der Waals surface area contributed by atoms with Crippen molar-refractivity contribution in [2.24, 2.45) is 0 Å². The molecule has 4 nitrogen and oxygen atoms in total. The van der Waals surface area contributed by atoms with Gasteiger partial charge in [-0.1, -0.05) is 45.5 Å². The maximum absolute atomic E-state index is 13.3. The van der Waals surface area contributed by atoms with Crippen LogP contribution >= 0.6 is 0 Å². The second-order valence-corrected chi connectivity index (χ2v) is 7.79. The molecule has 0 bridgehead atoms. The second-order valence-electron chi connectivity index (χ2n) is 7.79. The Labute approximate surface area is 171 Å². The molecule has 4 heteroatoms. The van der Waals surface area contributed by atoms with Crippen molar-refractivity contribution in [3.8, 4) is 11.4 Å². The Morgan fingerprint density at radius 2 is 1.97 bits per heavy atom. The fourth-order valence-electron chi connectivity index (χ4n) is 4.51. The van der Waals surface area contributed by atoms with E-state index < -0.39 is 0 Å². The number of aryl methyl sites for hydroxylation is 1. The van der Waals surface area contributed by atoms with Crippen LogP contribution in [0.5, 0.6) is 0 Å². The van der Waals surface area contributed by atoms with Crippen molar-refractivity contribution in [2.45, 2.75) is 59.6 Å². The first kappa shape index (κ1) is 19.4. The van der Waals surface area contributed by atoms with Gasteiger partial charge in [-0.15, -0.1) is 0 Å². The summed E-state index contributed by atoms with van der Waals surface area (Å²) in [7, 11) is 0. The fraction of sp³-hybridized carbons (Fsp3) is 0.360. The van der Waals surface area contributed by atoms with Gasteiger partial charge < -0.3 is 9.30 Å². The molecule has 29 heavy (non-hydrogen) atoms. The summed E-state index contributed by atoms with van der Waals surface area (Å²) >= 11 is 0. The zero-order chi connectivity index (χ0) is 20.9. The van der Waals surface area contributed by atoms with E-state index in [0.29, 0.717) is 13.2 Å². The van der Waals surface area contributed by atoms with Crippen molar-refractivity contribution >= 4 is 10.9 Å². The van der Waals surface area contributed by atoms with E-state index >= 15 is 0 Å². The van der Waals surface area contributed by atoms with Crippen LogP contribution in [0.4, 0.5) is 0 Å². The Bertz CT molecular complexity index is 1210.